The van der Waals surface area contributed by atoms with Crippen molar-refractivity contribution in [2.45, 2.75) is 19.3 Å². The van der Waals surface area contributed by atoms with Crippen LogP contribution < -0.4 is 5.32 Å². The summed E-state index contributed by atoms with van der Waals surface area (Å²) >= 11 is 0. The molecule has 2 heterocycles. The number of rotatable bonds is 5. The van der Waals surface area contributed by atoms with Crippen molar-refractivity contribution in [3.05, 3.63) is 0 Å². The minimum atomic E-state index is -0.736. The molecule has 2 saturated heterocycles. The van der Waals surface area contributed by atoms with E-state index in [2.05, 4.69) is 17.3 Å². The van der Waals surface area contributed by atoms with E-state index in [9.17, 15) is 9.59 Å². The van der Waals surface area contributed by atoms with Crippen LogP contribution >= 0.6 is 0 Å². The number of carboxylic acids is 1. The lowest BCUT2D eigenvalue weighted by atomic mass is 9.97. The molecule has 0 aromatic rings. The zero-order valence-corrected chi connectivity index (χ0v) is 12.2. The molecule has 2 rings (SSSR count). The molecule has 0 aromatic carbocycles. The van der Waals surface area contributed by atoms with Gasteiger partial charge in [0.1, 0.15) is 0 Å². The molecule has 2 aliphatic rings. The van der Waals surface area contributed by atoms with E-state index in [1.54, 1.807) is 4.90 Å². The summed E-state index contributed by atoms with van der Waals surface area (Å²) in [5, 5.41) is 12.2. The normalized spacial score (nSPS) is 25.1. The second-order valence-corrected chi connectivity index (χ2v) is 6.04. The highest BCUT2D eigenvalue weighted by atomic mass is 16.4. The molecule has 1 amide bonds. The van der Waals surface area contributed by atoms with Gasteiger partial charge in [-0.1, -0.05) is 0 Å². The van der Waals surface area contributed by atoms with Gasteiger partial charge in [-0.2, -0.15) is 0 Å². The van der Waals surface area contributed by atoms with Gasteiger partial charge in [0.15, 0.2) is 0 Å². The van der Waals surface area contributed by atoms with Crippen LogP contribution in [-0.4, -0.2) is 73.1 Å². The van der Waals surface area contributed by atoms with Crippen LogP contribution in [-0.2, 0) is 9.59 Å². The van der Waals surface area contributed by atoms with E-state index < -0.39 is 5.97 Å². The van der Waals surface area contributed by atoms with Crippen molar-refractivity contribution in [1.29, 1.82) is 0 Å². The fourth-order valence-corrected chi connectivity index (χ4v) is 3.06. The molecule has 0 aliphatic carbocycles. The van der Waals surface area contributed by atoms with Crippen molar-refractivity contribution in [2.24, 2.45) is 11.8 Å². The van der Waals surface area contributed by atoms with Crippen LogP contribution in [0.15, 0.2) is 0 Å². The third kappa shape index (κ3) is 4.18. The SMILES string of the molecule is CN1CCC(CNCC(=O)N2CCC(C(=O)O)CC2)C1. The van der Waals surface area contributed by atoms with Crippen molar-refractivity contribution in [3.63, 3.8) is 0 Å². The molecule has 6 heteroatoms. The van der Waals surface area contributed by atoms with Gasteiger partial charge in [-0.15, -0.1) is 0 Å². The quantitative estimate of drug-likeness (QED) is 0.734. The Morgan fingerprint density at radius 2 is 1.90 bits per heavy atom. The minimum Gasteiger partial charge on any atom is -0.481 e. The monoisotopic (exact) mass is 283 g/mol. The number of hydrogen-bond acceptors (Lipinski definition) is 4. The number of piperidine rings is 1. The highest BCUT2D eigenvalue weighted by molar-refractivity contribution is 5.78. The lowest BCUT2D eigenvalue weighted by Gasteiger charge is -2.30. The molecule has 1 atom stereocenters. The molecule has 114 valence electrons. The molecule has 20 heavy (non-hydrogen) atoms. The largest absolute Gasteiger partial charge is 0.481 e. The van der Waals surface area contributed by atoms with E-state index in [0.717, 1.165) is 19.6 Å². The molecule has 0 aromatic heterocycles. The van der Waals surface area contributed by atoms with Crippen molar-refractivity contribution < 1.29 is 14.7 Å². The first-order valence-corrected chi connectivity index (χ1v) is 7.46. The van der Waals surface area contributed by atoms with Crippen LogP contribution in [0.3, 0.4) is 0 Å². The van der Waals surface area contributed by atoms with Crippen molar-refractivity contribution in [2.75, 3.05) is 46.3 Å². The third-order valence-corrected chi connectivity index (χ3v) is 4.40. The zero-order valence-electron chi connectivity index (χ0n) is 12.2. The van der Waals surface area contributed by atoms with E-state index in [1.807, 2.05) is 0 Å². The molecule has 2 fully saturated rings. The van der Waals surface area contributed by atoms with Gasteiger partial charge in [-0.05, 0) is 45.3 Å². The summed E-state index contributed by atoms with van der Waals surface area (Å²) in [7, 11) is 2.12. The van der Waals surface area contributed by atoms with Crippen molar-refractivity contribution >= 4 is 11.9 Å². The van der Waals surface area contributed by atoms with Gasteiger partial charge in [-0.3, -0.25) is 9.59 Å². The van der Waals surface area contributed by atoms with Crippen LogP contribution in [0.1, 0.15) is 19.3 Å². The van der Waals surface area contributed by atoms with E-state index >= 15 is 0 Å². The predicted molar refractivity (Wildman–Crippen MR) is 75.4 cm³/mol. The highest BCUT2D eigenvalue weighted by Crippen LogP contribution is 2.17. The molecule has 2 aliphatic heterocycles. The molecular weight excluding hydrogens is 258 g/mol. The molecule has 0 bridgehead atoms. The Balaban J connectivity index is 1.62. The first-order chi connectivity index (χ1) is 9.56. The van der Waals surface area contributed by atoms with E-state index in [-0.39, 0.29) is 11.8 Å². The standard InChI is InChI=1S/C14H25N3O3/c1-16-5-2-11(10-16)8-15-9-13(18)17-6-3-12(4-7-17)14(19)20/h11-12,15H,2-10H2,1H3,(H,19,20). The Morgan fingerprint density at radius 1 is 1.20 bits per heavy atom. The summed E-state index contributed by atoms with van der Waals surface area (Å²) in [5.74, 6) is -0.271. The van der Waals surface area contributed by atoms with Crippen LogP contribution in [0, 0.1) is 11.8 Å². The third-order valence-electron chi connectivity index (χ3n) is 4.40. The van der Waals surface area contributed by atoms with Gasteiger partial charge in [-0.25, -0.2) is 0 Å². The van der Waals surface area contributed by atoms with E-state index in [4.69, 9.17) is 5.11 Å². The number of likely N-dealkylation sites (tertiary alicyclic amines) is 2. The van der Waals surface area contributed by atoms with Crippen LogP contribution in [0.5, 0.6) is 0 Å². The zero-order chi connectivity index (χ0) is 14.5. The predicted octanol–water partition coefficient (Wildman–Crippen LogP) is -0.149. The Kier molecular flexibility index (Phi) is 5.37. The molecule has 0 saturated carbocycles. The molecule has 0 radical (unpaired) electrons. The number of hydrogen-bond donors (Lipinski definition) is 2. The number of amides is 1. The number of carbonyl (C=O) groups excluding carboxylic acids is 1. The first-order valence-electron chi connectivity index (χ1n) is 7.46. The van der Waals surface area contributed by atoms with Crippen LogP contribution in [0.2, 0.25) is 0 Å². The average Bonchev–Trinajstić information content (AvgIpc) is 2.84. The van der Waals surface area contributed by atoms with E-state index in [1.165, 1.54) is 6.42 Å². The second kappa shape index (κ2) is 7.04. The Bertz CT molecular complexity index is 354. The average molecular weight is 283 g/mol. The van der Waals surface area contributed by atoms with Crippen molar-refractivity contribution in [1.82, 2.24) is 15.1 Å². The number of carbonyl (C=O) groups is 2. The number of aliphatic carboxylic acids is 1. The number of carboxylic acid groups (broad SMARTS) is 1. The fourth-order valence-electron chi connectivity index (χ4n) is 3.06. The summed E-state index contributed by atoms with van der Waals surface area (Å²) < 4.78 is 0. The van der Waals surface area contributed by atoms with Gasteiger partial charge in [0.2, 0.25) is 5.91 Å². The van der Waals surface area contributed by atoms with Crippen LogP contribution in [0.25, 0.3) is 0 Å². The molecule has 2 N–H and O–H groups in total. The number of nitrogens with one attached hydrogen (secondary N) is 1. The summed E-state index contributed by atoms with van der Waals surface area (Å²) in [6, 6.07) is 0. The lowest BCUT2D eigenvalue weighted by Crippen LogP contribution is -2.44. The minimum absolute atomic E-state index is 0.0974. The van der Waals surface area contributed by atoms with Crippen LogP contribution in [0.4, 0.5) is 0 Å². The second-order valence-electron chi connectivity index (χ2n) is 6.04. The summed E-state index contributed by atoms with van der Waals surface area (Å²) in [6.07, 6.45) is 2.35. The first kappa shape index (κ1) is 15.3. The summed E-state index contributed by atoms with van der Waals surface area (Å²) in [5.41, 5.74) is 0. The summed E-state index contributed by atoms with van der Waals surface area (Å²) in [4.78, 5) is 27.0. The topological polar surface area (TPSA) is 72.9 Å². The smallest absolute Gasteiger partial charge is 0.306 e. The van der Waals surface area contributed by atoms with Gasteiger partial charge in [0.25, 0.3) is 0 Å². The van der Waals surface area contributed by atoms with Crippen molar-refractivity contribution in [3.8, 4) is 0 Å². The van der Waals surface area contributed by atoms with Gasteiger partial charge < -0.3 is 20.2 Å². The summed E-state index contributed by atoms with van der Waals surface area (Å²) in [6.45, 7) is 4.65. The molecule has 1 unspecified atom stereocenters. The maximum Gasteiger partial charge on any atom is 0.306 e. The molecule has 0 spiro atoms. The molecule has 6 nitrogen and oxygen atoms in total. The van der Waals surface area contributed by atoms with Gasteiger partial charge in [0.05, 0.1) is 12.5 Å². The Hall–Kier alpha value is -1.14. The van der Waals surface area contributed by atoms with Gasteiger partial charge in [0, 0.05) is 19.6 Å². The Labute approximate surface area is 120 Å². The molecular formula is C14H25N3O3. The maximum atomic E-state index is 12.0. The number of nitrogens with zero attached hydrogens (tertiary/aromatic N) is 2. The lowest BCUT2D eigenvalue weighted by molar-refractivity contribution is -0.145. The fraction of sp³-hybridized carbons (Fsp3) is 0.857. The maximum absolute atomic E-state index is 12.0. The van der Waals surface area contributed by atoms with Gasteiger partial charge >= 0.3 is 5.97 Å². The van der Waals surface area contributed by atoms with E-state index in [0.29, 0.717) is 38.4 Å². The highest BCUT2D eigenvalue weighted by Gasteiger charge is 2.27. The Morgan fingerprint density at radius 3 is 2.45 bits per heavy atom.